The lowest BCUT2D eigenvalue weighted by molar-refractivity contribution is -0.120. The van der Waals surface area contributed by atoms with E-state index < -0.39 is 0 Å². The average molecular weight is 367 g/mol. The molecule has 1 N–H and O–H groups in total. The second kappa shape index (κ2) is 9.16. The van der Waals surface area contributed by atoms with E-state index in [9.17, 15) is 4.79 Å². The molecule has 1 saturated heterocycles. The summed E-state index contributed by atoms with van der Waals surface area (Å²) in [7, 11) is 0. The first-order chi connectivity index (χ1) is 13.0. The van der Waals surface area contributed by atoms with E-state index in [4.69, 9.17) is 4.74 Å². The number of nitrogens with one attached hydrogen (secondary N) is 1. The van der Waals surface area contributed by atoms with Crippen LogP contribution in [0.25, 0.3) is 0 Å². The van der Waals surface area contributed by atoms with Crippen molar-refractivity contribution in [2.24, 2.45) is 0 Å². The molecule has 4 heteroatoms. The van der Waals surface area contributed by atoms with E-state index in [1.165, 1.54) is 16.7 Å². The van der Waals surface area contributed by atoms with Crippen LogP contribution < -0.4 is 5.32 Å². The van der Waals surface area contributed by atoms with Crippen LogP contribution in [0.15, 0.2) is 48.5 Å². The van der Waals surface area contributed by atoms with Crippen molar-refractivity contribution in [1.29, 1.82) is 0 Å². The topological polar surface area (TPSA) is 41.6 Å². The van der Waals surface area contributed by atoms with Crippen LogP contribution in [0.4, 0.5) is 0 Å². The highest BCUT2D eigenvalue weighted by molar-refractivity contribution is 5.78. The number of ether oxygens (including phenoxy) is 1. The van der Waals surface area contributed by atoms with Crippen LogP contribution >= 0.6 is 0 Å². The van der Waals surface area contributed by atoms with Crippen LogP contribution in [0.2, 0.25) is 0 Å². The molecule has 0 aromatic heterocycles. The zero-order valence-corrected chi connectivity index (χ0v) is 16.6. The van der Waals surface area contributed by atoms with Gasteiger partial charge in [0, 0.05) is 26.2 Å². The van der Waals surface area contributed by atoms with E-state index in [2.05, 4.69) is 49.2 Å². The summed E-state index contributed by atoms with van der Waals surface area (Å²) >= 11 is 0. The van der Waals surface area contributed by atoms with Gasteiger partial charge in [-0.1, -0.05) is 54.1 Å². The highest BCUT2D eigenvalue weighted by Crippen LogP contribution is 2.17. The van der Waals surface area contributed by atoms with Gasteiger partial charge in [0.25, 0.3) is 0 Å². The van der Waals surface area contributed by atoms with Gasteiger partial charge in [-0.25, -0.2) is 0 Å². The van der Waals surface area contributed by atoms with Gasteiger partial charge in [0.2, 0.25) is 5.91 Å². The van der Waals surface area contributed by atoms with Gasteiger partial charge in [0.1, 0.15) is 0 Å². The Bertz CT molecular complexity index is 747. The maximum atomic E-state index is 12.3. The largest absolute Gasteiger partial charge is 0.373 e. The van der Waals surface area contributed by atoms with E-state index in [0.29, 0.717) is 13.0 Å². The molecule has 0 spiro atoms. The van der Waals surface area contributed by atoms with Crippen molar-refractivity contribution in [3.8, 4) is 0 Å². The van der Waals surface area contributed by atoms with E-state index in [1.54, 1.807) is 0 Å². The summed E-state index contributed by atoms with van der Waals surface area (Å²) in [6, 6.07) is 16.5. The van der Waals surface area contributed by atoms with Crippen molar-refractivity contribution < 1.29 is 9.53 Å². The molecule has 0 bridgehead atoms. The Hall–Kier alpha value is -2.17. The van der Waals surface area contributed by atoms with E-state index in [0.717, 1.165) is 25.2 Å². The maximum Gasteiger partial charge on any atom is 0.224 e. The number of amides is 1. The molecular weight excluding hydrogens is 336 g/mol. The summed E-state index contributed by atoms with van der Waals surface area (Å²) in [5, 5.41) is 3.08. The lowest BCUT2D eigenvalue weighted by atomic mass is 10.1. The molecule has 0 saturated carbocycles. The van der Waals surface area contributed by atoms with Gasteiger partial charge in [-0.15, -0.1) is 0 Å². The Morgan fingerprint density at radius 1 is 1.04 bits per heavy atom. The summed E-state index contributed by atoms with van der Waals surface area (Å²) in [6.07, 6.45) is 0.936. The first kappa shape index (κ1) is 19.6. The third-order valence-electron chi connectivity index (χ3n) is 4.97. The molecule has 2 aromatic carbocycles. The minimum atomic E-state index is 0.0577. The van der Waals surface area contributed by atoms with Crippen molar-refractivity contribution in [3.05, 3.63) is 70.8 Å². The zero-order valence-electron chi connectivity index (χ0n) is 16.6. The van der Waals surface area contributed by atoms with E-state index in [1.807, 2.05) is 30.3 Å². The van der Waals surface area contributed by atoms with Crippen molar-refractivity contribution in [2.45, 2.75) is 52.5 Å². The van der Waals surface area contributed by atoms with Gasteiger partial charge in [-0.2, -0.15) is 0 Å². The second-order valence-electron chi connectivity index (χ2n) is 7.66. The zero-order chi connectivity index (χ0) is 19.2. The number of hydrogen-bond donors (Lipinski definition) is 1. The fourth-order valence-corrected chi connectivity index (χ4v) is 3.69. The summed E-state index contributed by atoms with van der Waals surface area (Å²) in [5.74, 6) is 0.0577. The SMILES string of the molecule is Cc1ccc(CC(=O)NCc2ccccc2CN2C[C@H](C)O[C@@H](C)C2)cc1. The third kappa shape index (κ3) is 5.91. The normalized spacial score (nSPS) is 20.4. The monoisotopic (exact) mass is 366 g/mol. The fraction of sp³-hybridized carbons (Fsp3) is 0.435. The van der Waals surface area contributed by atoms with Crippen LogP contribution in [0, 0.1) is 6.92 Å². The van der Waals surface area contributed by atoms with Gasteiger partial charge in [0.15, 0.2) is 0 Å². The molecule has 1 amide bonds. The molecule has 4 nitrogen and oxygen atoms in total. The van der Waals surface area contributed by atoms with Gasteiger partial charge in [-0.3, -0.25) is 9.69 Å². The first-order valence-corrected chi connectivity index (χ1v) is 9.76. The van der Waals surface area contributed by atoms with Crippen LogP contribution in [0.1, 0.15) is 36.1 Å². The minimum absolute atomic E-state index is 0.0577. The number of benzene rings is 2. The van der Waals surface area contributed by atoms with Crippen LogP contribution in [0.5, 0.6) is 0 Å². The molecular formula is C23H30N2O2. The fourth-order valence-electron chi connectivity index (χ4n) is 3.69. The standard InChI is InChI=1S/C23H30N2O2/c1-17-8-10-20(11-9-17)12-23(26)24-13-21-6-4-5-7-22(21)16-25-14-18(2)27-19(3)15-25/h4-11,18-19H,12-16H2,1-3H3,(H,24,26)/t18-,19-/m0/s1. The Morgan fingerprint density at radius 2 is 1.67 bits per heavy atom. The summed E-state index contributed by atoms with van der Waals surface area (Å²) in [5.41, 5.74) is 4.71. The van der Waals surface area contributed by atoms with Gasteiger partial charge in [-0.05, 0) is 37.5 Å². The number of carbonyl (C=O) groups is 1. The van der Waals surface area contributed by atoms with E-state index in [-0.39, 0.29) is 18.1 Å². The Morgan fingerprint density at radius 3 is 2.33 bits per heavy atom. The van der Waals surface area contributed by atoms with Crippen molar-refractivity contribution >= 4 is 5.91 Å². The molecule has 2 atom stereocenters. The number of hydrogen-bond acceptors (Lipinski definition) is 3. The molecule has 27 heavy (non-hydrogen) atoms. The van der Waals surface area contributed by atoms with Crippen LogP contribution in [0.3, 0.4) is 0 Å². The Kier molecular flexibility index (Phi) is 6.64. The van der Waals surface area contributed by atoms with Crippen molar-refractivity contribution in [1.82, 2.24) is 10.2 Å². The number of aryl methyl sites for hydroxylation is 1. The number of carbonyl (C=O) groups excluding carboxylic acids is 1. The number of nitrogens with zero attached hydrogens (tertiary/aromatic N) is 1. The number of rotatable bonds is 6. The summed E-state index contributed by atoms with van der Waals surface area (Å²) < 4.78 is 5.83. The van der Waals surface area contributed by atoms with E-state index >= 15 is 0 Å². The van der Waals surface area contributed by atoms with Crippen LogP contribution in [-0.4, -0.2) is 36.1 Å². The Balaban J connectivity index is 1.57. The first-order valence-electron chi connectivity index (χ1n) is 9.76. The highest BCUT2D eigenvalue weighted by Gasteiger charge is 2.22. The lowest BCUT2D eigenvalue weighted by Gasteiger charge is -2.35. The van der Waals surface area contributed by atoms with Crippen LogP contribution in [-0.2, 0) is 29.0 Å². The maximum absolute atomic E-state index is 12.3. The van der Waals surface area contributed by atoms with Gasteiger partial charge >= 0.3 is 0 Å². The Labute approximate surface area is 162 Å². The molecule has 0 aliphatic carbocycles. The second-order valence-corrected chi connectivity index (χ2v) is 7.66. The highest BCUT2D eigenvalue weighted by atomic mass is 16.5. The van der Waals surface area contributed by atoms with Gasteiger partial charge in [0.05, 0.1) is 18.6 Å². The minimum Gasteiger partial charge on any atom is -0.373 e. The molecule has 1 aliphatic heterocycles. The molecule has 1 aliphatic rings. The summed E-state index contributed by atoms with van der Waals surface area (Å²) in [4.78, 5) is 14.8. The predicted octanol–water partition coefficient (Wildman–Crippen LogP) is 3.46. The lowest BCUT2D eigenvalue weighted by Crippen LogP contribution is -2.45. The molecule has 2 aromatic rings. The molecule has 3 rings (SSSR count). The molecule has 1 fully saturated rings. The average Bonchev–Trinajstić information content (AvgIpc) is 2.62. The molecule has 144 valence electrons. The number of morpholine rings is 1. The third-order valence-corrected chi connectivity index (χ3v) is 4.97. The van der Waals surface area contributed by atoms with Gasteiger partial charge < -0.3 is 10.1 Å². The molecule has 0 unspecified atom stereocenters. The quantitative estimate of drug-likeness (QED) is 0.851. The molecule has 0 radical (unpaired) electrons. The smallest absolute Gasteiger partial charge is 0.224 e. The summed E-state index contributed by atoms with van der Waals surface area (Å²) in [6.45, 7) is 9.64. The van der Waals surface area contributed by atoms with Crippen molar-refractivity contribution in [3.63, 3.8) is 0 Å². The molecule has 1 heterocycles. The van der Waals surface area contributed by atoms with Crippen molar-refractivity contribution in [2.75, 3.05) is 13.1 Å². The predicted molar refractivity (Wildman–Crippen MR) is 108 cm³/mol.